The Morgan fingerprint density at radius 2 is 2.45 bits per heavy atom. The fourth-order valence-electron chi connectivity index (χ4n) is 0.700. The third kappa shape index (κ3) is 1.99. The molecule has 5 heteroatoms. The van der Waals surface area contributed by atoms with Gasteiger partial charge in [0.2, 0.25) is 0 Å². The van der Waals surface area contributed by atoms with Crippen LogP contribution in [0.4, 0.5) is 0 Å². The molecule has 0 bridgehead atoms. The van der Waals surface area contributed by atoms with Crippen molar-refractivity contribution in [3.05, 3.63) is 26.9 Å². The van der Waals surface area contributed by atoms with E-state index in [1.807, 2.05) is 0 Å². The standard InChI is InChI=1S/C6H8N2O2S/c1-10-3-4-2-7-6(11)8-5(4)9/h2H,3H2,1H3,(H2,7,8,9,11). The highest BCUT2D eigenvalue weighted by Gasteiger charge is 1.95. The van der Waals surface area contributed by atoms with Gasteiger partial charge < -0.3 is 9.72 Å². The smallest absolute Gasteiger partial charge is 0.257 e. The summed E-state index contributed by atoms with van der Waals surface area (Å²) in [5.41, 5.74) is 0.344. The third-order valence-electron chi connectivity index (χ3n) is 1.20. The first kappa shape index (κ1) is 8.16. The van der Waals surface area contributed by atoms with E-state index >= 15 is 0 Å². The van der Waals surface area contributed by atoms with Crippen LogP contribution in [0.3, 0.4) is 0 Å². The van der Waals surface area contributed by atoms with E-state index in [9.17, 15) is 4.79 Å². The first-order chi connectivity index (χ1) is 5.24. The zero-order valence-electron chi connectivity index (χ0n) is 6.01. The molecule has 0 fully saturated rings. The van der Waals surface area contributed by atoms with Gasteiger partial charge >= 0.3 is 0 Å². The topological polar surface area (TPSA) is 57.9 Å². The minimum atomic E-state index is -0.199. The van der Waals surface area contributed by atoms with Gasteiger partial charge in [0.15, 0.2) is 4.77 Å². The molecule has 1 aromatic heterocycles. The van der Waals surface area contributed by atoms with E-state index in [0.29, 0.717) is 16.9 Å². The molecule has 0 saturated heterocycles. The first-order valence-electron chi connectivity index (χ1n) is 3.04. The fourth-order valence-corrected chi connectivity index (χ4v) is 0.852. The molecule has 2 N–H and O–H groups in total. The summed E-state index contributed by atoms with van der Waals surface area (Å²) in [4.78, 5) is 16.2. The number of hydrogen-bond acceptors (Lipinski definition) is 3. The minimum Gasteiger partial charge on any atom is -0.380 e. The fraction of sp³-hybridized carbons (Fsp3) is 0.333. The molecule has 0 atom stereocenters. The molecule has 0 saturated carbocycles. The van der Waals surface area contributed by atoms with Crippen LogP contribution in [0.2, 0.25) is 0 Å². The molecule has 1 heterocycles. The highest BCUT2D eigenvalue weighted by molar-refractivity contribution is 7.71. The molecule has 11 heavy (non-hydrogen) atoms. The van der Waals surface area contributed by atoms with Crippen LogP contribution in [0.15, 0.2) is 11.0 Å². The Morgan fingerprint density at radius 3 is 3.00 bits per heavy atom. The summed E-state index contributed by atoms with van der Waals surface area (Å²) >= 11 is 4.69. The van der Waals surface area contributed by atoms with Gasteiger partial charge in [-0.1, -0.05) is 0 Å². The Hall–Kier alpha value is -0.940. The largest absolute Gasteiger partial charge is 0.380 e. The quantitative estimate of drug-likeness (QED) is 0.641. The normalized spacial score (nSPS) is 9.91. The van der Waals surface area contributed by atoms with Gasteiger partial charge in [0.1, 0.15) is 0 Å². The first-order valence-corrected chi connectivity index (χ1v) is 3.44. The van der Waals surface area contributed by atoms with E-state index in [4.69, 9.17) is 17.0 Å². The summed E-state index contributed by atoms with van der Waals surface area (Å²) in [6.45, 7) is 0.293. The van der Waals surface area contributed by atoms with Crippen LogP contribution in [0.1, 0.15) is 5.56 Å². The van der Waals surface area contributed by atoms with Crippen LogP contribution in [-0.2, 0) is 11.3 Å². The van der Waals surface area contributed by atoms with Crippen LogP contribution in [-0.4, -0.2) is 17.1 Å². The van der Waals surface area contributed by atoms with Crippen molar-refractivity contribution in [1.82, 2.24) is 9.97 Å². The molecular weight excluding hydrogens is 164 g/mol. The highest BCUT2D eigenvalue weighted by Crippen LogP contribution is 1.88. The molecule has 0 aliphatic carbocycles. The summed E-state index contributed by atoms with van der Waals surface area (Å²) in [7, 11) is 1.53. The van der Waals surface area contributed by atoms with Gasteiger partial charge in [0.05, 0.1) is 12.2 Å². The van der Waals surface area contributed by atoms with Crippen molar-refractivity contribution in [3.63, 3.8) is 0 Å². The number of aromatic amines is 2. The van der Waals surface area contributed by atoms with Crippen LogP contribution >= 0.6 is 12.2 Å². The van der Waals surface area contributed by atoms with Crippen LogP contribution in [0.5, 0.6) is 0 Å². The molecule has 1 rings (SSSR count). The molecule has 0 aliphatic rings. The van der Waals surface area contributed by atoms with E-state index in [2.05, 4.69) is 9.97 Å². The van der Waals surface area contributed by atoms with Gasteiger partial charge in [-0.2, -0.15) is 0 Å². The van der Waals surface area contributed by atoms with Crippen molar-refractivity contribution in [1.29, 1.82) is 0 Å². The lowest BCUT2D eigenvalue weighted by Gasteiger charge is -1.95. The second-order valence-electron chi connectivity index (χ2n) is 2.03. The Morgan fingerprint density at radius 1 is 1.73 bits per heavy atom. The van der Waals surface area contributed by atoms with Gasteiger partial charge in [-0.25, -0.2) is 0 Å². The molecule has 4 nitrogen and oxygen atoms in total. The maximum Gasteiger partial charge on any atom is 0.257 e. The number of H-pyrrole nitrogens is 2. The van der Waals surface area contributed by atoms with Gasteiger partial charge in [0, 0.05) is 13.3 Å². The summed E-state index contributed by atoms with van der Waals surface area (Å²) in [6, 6.07) is 0. The van der Waals surface area contributed by atoms with Crippen molar-refractivity contribution in [2.24, 2.45) is 0 Å². The summed E-state index contributed by atoms with van der Waals surface area (Å²) in [5.74, 6) is 0. The molecule has 60 valence electrons. The molecule has 0 radical (unpaired) electrons. The Balaban J connectivity index is 3.10. The Bertz CT molecular complexity index is 341. The van der Waals surface area contributed by atoms with E-state index in [-0.39, 0.29) is 5.56 Å². The molecule has 0 spiro atoms. The molecular formula is C6H8N2O2S. The maximum absolute atomic E-state index is 11.0. The number of rotatable bonds is 2. The SMILES string of the molecule is COCc1c[nH]c(=S)[nH]c1=O. The van der Waals surface area contributed by atoms with E-state index in [1.165, 1.54) is 7.11 Å². The highest BCUT2D eigenvalue weighted by atomic mass is 32.1. The van der Waals surface area contributed by atoms with Crippen LogP contribution < -0.4 is 5.56 Å². The summed E-state index contributed by atoms with van der Waals surface area (Å²) < 4.78 is 5.10. The van der Waals surface area contributed by atoms with Gasteiger partial charge in [-0.15, -0.1) is 0 Å². The van der Waals surface area contributed by atoms with Crippen molar-refractivity contribution >= 4 is 12.2 Å². The van der Waals surface area contributed by atoms with Gasteiger partial charge in [-0.05, 0) is 12.2 Å². The van der Waals surface area contributed by atoms with E-state index in [0.717, 1.165) is 0 Å². The van der Waals surface area contributed by atoms with E-state index < -0.39 is 0 Å². The predicted molar refractivity (Wildman–Crippen MR) is 43.0 cm³/mol. The van der Waals surface area contributed by atoms with Crippen LogP contribution in [0, 0.1) is 4.77 Å². The zero-order valence-corrected chi connectivity index (χ0v) is 6.83. The second-order valence-corrected chi connectivity index (χ2v) is 2.44. The minimum absolute atomic E-state index is 0.199. The van der Waals surface area contributed by atoms with Crippen molar-refractivity contribution < 1.29 is 4.74 Å². The Kier molecular flexibility index (Phi) is 2.56. The van der Waals surface area contributed by atoms with Gasteiger partial charge in [-0.3, -0.25) is 9.78 Å². The zero-order chi connectivity index (χ0) is 8.27. The summed E-state index contributed by atoms with van der Waals surface area (Å²) in [5, 5.41) is 0. The maximum atomic E-state index is 11.0. The molecule has 0 aromatic carbocycles. The van der Waals surface area contributed by atoms with Crippen molar-refractivity contribution in [2.75, 3.05) is 7.11 Å². The number of methoxy groups -OCH3 is 1. The monoisotopic (exact) mass is 172 g/mol. The molecule has 0 aliphatic heterocycles. The number of hydrogen-bond donors (Lipinski definition) is 2. The molecule has 0 amide bonds. The lowest BCUT2D eigenvalue weighted by molar-refractivity contribution is 0.183. The summed E-state index contributed by atoms with van der Waals surface area (Å²) in [6.07, 6.45) is 1.55. The van der Waals surface area contributed by atoms with Crippen molar-refractivity contribution in [3.8, 4) is 0 Å². The third-order valence-corrected chi connectivity index (χ3v) is 1.42. The lowest BCUT2D eigenvalue weighted by Crippen LogP contribution is -2.13. The lowest BCUT2D eigenvalue weighted by atomic mass is 10.4. The van der Waals surface area contributed by atoms with E-state index in [1.54, 1.807) is 6.20 Å². The van der Waals surface area contributed by atoms with Gasteiger partial charge in [0.25, 0.3) is 5.56 Å². The molecule has 1 aromatic rings. The second kappa shape index (κ2) is 3.45. The van der Waals surface area contributed by atoms with Crippen LogP contribution in [0.25, 0.3) is 0 Å². The molecule has 0 unspecified atom stereocenters. The number of ether oxygens (including phenoxy) is 1. The predicted octanol–water partition coefficient (Wildman–Crippen LogP) is 0.579. The number of nitrogens with one attached hydrogen (secondary N) is 2. The average Bonchev–Trinajstić information content (AvgIpc) is 1.95. The Labute approximate surface area is 68.2 Å². The van der Waals surface area contributed by atoms with Crippen molar-refractivity contribution in [2.45, 2.75) is 6.61 Å². The average molecular weight is 172 g/mol. The number of aromatic nitrogens is 2.